The SMILES string of the molecule is CC(C)(C)[C@@H]1CCc2c(sc(NC(=O)c3cc(-c4ccco4)on3)c2C#N)C1. The molecule has 1 aliphatic carbocycles. The van der Waals surface area contributed by atoms with E-state index >= 15 is 0 Å². The van der Waals surface area contributed by atoms with Crippen molar-refractivity contribution in [2.75, 3.05) is 5.32 Å². The molecule has 0 aromatic carbocycles. The van der Waals surface area contributed by atoms with Crippen molar-refractivity contribution >= 4 is 22.2 Å². The largest absolute Gasteiger partial charge is 0.461 e. The maximum atomic E-state index is 12.6. The van der Waals surface area contributed by atoms with Crippen molar-refractivity contribution in [2.24, 2.45) is 11.3 Å². The summed E-state index contributed by atoms with van der Waals surface area (Å²) in [5.74, 6) is 1.06. The molecule has 0 fully saturated rings. The standard InChI is InChI=1S/C21H21N3O3S/c1-21(2,3)12-6-7-13-14(11-22)20(28-18(13)9-12)23-19(25)15-10-17(27-24-15)16-5-4-8-26-16/h4-5,8,10,12H,6-7,9H2,1-3H3,(H,23,25)/t12-/m1/s1. The van der Waals surface area contributed by atoms with Gasteiger partial charge < -0.3 is 14.3 Å². The van der Waals surface area contributed by atoms with Crippen LogP contribution in [0.4, 0.5) is 5.00 Å². The number of nitrogens with one attached hydrogen (secondary N) is 1. The van der Waals surface area contributed by atoms with Crippen LogP contribution < -0.4 is 5.32 Å². The van der Waals surface area contributed by atoms with Gasteiger partial charge in [0.15, 0.2) is 11.5 Å². The van der Waals surface area contributed by atoms with Crippen molar-refractivity contribution in [3.63, 3.8) is 0 Å². The quantitative estimate of drug-likeness (QED) is 0.652. The van der Waals surface area contributed by atoms with Crippen molar-refractivity contribution in [2.45, 2.75) is 40.0 Å². The first-order valence-corrected chi connectivity index (χ1v) is 10.0. The summed E-state index contributed by atoms with van der Waals surface area (Å²) in [5.41, 5.74) is 2.03. The van der Waals surface area contributed by atoms with Crippen LogP contribution >= 0.6 is 11.3 Å². The molecule has 0 unspecified atom stereocenters. The molecule has 7 heteroatoms. The van der Waals surface area contributed by atoms with Crippen LogP contribution in [0.3, 0.4) is 0 Å². The van der Waals surface area contributed by atoms with Gasteiger partial charge in [0, 0.05) is 10.9 Å². The van der Waals surface area contributed by atoms with Crippen molar-refractivity contribution < 1.29 is 13.7 Å². The van der Waals surface area contributed by atoms with Gasteiger partial charge in [-0.05, 0) is 48.3 Å². The van der Waals surface area contributed by atoms with Crippen LogP contribution in [0.15, 0.2) is 33.4 Å². The van der Waals surface area contributed by atoms with Crippen molar-refractivity contribution in [3.05, 3.63) is 46.2 Å². The zero-order chi connectivity index (χ0) is 19.9. The van der Waals surface area contributed by atoms with Crippen LogP contribution in [0.1, 0.15) is 53.7 Å². The molecule has 0 aliphatic heterocycles. The van der Waals surface area contributed by atoms with E-state index < -0.39 is 5.91 Å². The van der Waals surface area contributed by atoms with Gasteiger partial charge in [0.05, 0.1) is 11.8 Å². The van der Waals surface area contributed by atoms with Crippen LogP contribution in [0, 0.1) is 22.7 Å². The Balaban J connectivity index is 1.56. The van der Waals surface area contributed by atoms with Crippen LogP contribution in [0.5, 0.6) is 0 Å². The molecule has 28 heavy (non-hydrogen) atoms. The zero-order valence-electron chi connectivity index (χ0n) is 16.0. The summed E-state index contributed by atoms with van der Waals surface area (Å²) in [4.78, 5) is 13.8. The molecule has 1 aliphatic rings. The van der Waals surface area contributed by atoms with Gasteiger partial charge in [-0.25, -0.2) is 0 Å². The molecule has 3 aromatic rings. The van der Waals surface area contributed by atoms with E-state index in [4.69, 9.17) is 8.94 Å². The number of nitrogens with zero attached hydrogens (tertiary/aromatic N) is 2. The third-order valence-electron chi connectivity index (χ3n) is 5.34. The summed E-state index contributed by atoms with van der Waals surface area (Å²) in [6, 6.07) is 7.27. The van der Waals surface area contributed by atoms with Crippen LogP contribution in [-0.2, 0) is 12.8 Å². The maximum Gasteiger partial charge on any atom is 0.278 e. The van der Waals surface area contributed by atoms with E-state index in [1.165, 1.54) is 28.5 Å². The third kappa shape index (κ3) is 3.36. The third-order valence-corrected chi connectivity index (χ3v) is 6.51. The van der Waals surface area contributed by atoms with Gasteiger partial charge in [-0.3, -0.25) is 4.79 Å². The van der Waals surface area contributed by atoms with Crippen molar-refractivity contribution in [1.29, 1.82) is 5.26 Å². The lowest BCUT2D eigenvalue weighted by Gasteiger charge is -2.33. The molecule has 0 bridgehead atoms. The van der Waals surface area contributed by atoms with Gasteiger partial charge in [0.2, 0.25) is 5.76 Å². The number of anilines is 1. The predicted molar refractivity (Wildman–Crippen MR) is 106 cm³/mol. The molecule has 3 heterocycles. The Morgan fingerprint density at radius 1 is 1.39 bits per heavy atom. The average molecular weight is 395 g/mol. The monoisotopic (exact) mass is 395 g/mol. The highest BCUT2D eigenvalue weighted by Gasteiger charge is 2.32. The smallest absolute Gasteiger partial charge is 0.278 e. The summed E-state index contributed by atoms with van der Waals surface area (Å²) < 4.78 is 10.4. The number of carbonyl (C=O) groups is 1. The number of hydrogen-bond acceptors (Lipinski definition) is 6. The Morgan fingerprint density at radius 3 is 2.89 bits per heavy atom. The first kappa shape index (κ1) is 18.5. The highest BCUT2D eigenvalue weighted by atomic mass is 32.1. The molecular weight excluding hydrogens is 374 g/mol. The normalized spacial score (nSPS) is 16.4. The Bertz CT molecular complexity index is 1050. The molecule has 1 amide bonds. The van der Waals surface area contributed by atoms with Gasteiger partial charge in [0.1, 0.15) is 11.1 Å². The second-order valence-corrected chi connectivity index (χ2v) is 9.24. The lowest BCUT2D eigenvalue weighted by Crippen LogP contribution is -2.26. The summed E-state index contributed by atoms with van der Waals surface area (Å²) >= 11 is 1.50. The fraction of sp³-hybridized carbons (Fsp3) is 0.381. The number of hydrogen-bond donors (Lipinski definition) is 1. The molecule has 0 saturated carbocycles. The molecule has 0 radical (unpaired) electrons. The fourth-order valence-electron chi connectivity index (χ4n) is 3.62. The number of furan rings is 1. The van der Waals surface area contributed by atoms with E-state index in [0.717, 1.165) is 24.8 Å². The highest BCUT2D eigenvalue weighted by Crippen LogP contribution is 2.44. The van der Waals surface area contributed by atoms with E-state index in [1.54, 1.807) is 12.1 Å². The lowest BCUT2D eigenvalue weighted by molar-refractivity contribution is 0.101. The van der Waals surface area contributed by atoms with Crippen LogP contribution in [0.2, 0.25) is 0 Å². The number of aromatic nitrogens is 1. The second-order valence-electron chi connectivity index (χ2n) is 8.13. The number of nitriles is 1. The molecule has 6 nitrogen and oxygen atoms in total. The van der Waals surface area contributed by atoms with E-state index in [0.29, 0.717) is 28.0 Å². The van der Waals surface area contributed by atoms with E-state index in [9.17, 15) is 10.1 Å². The Hall–Kier alpha value is -2.85. The van der Waals surface area contributed by atoms with Crippen molar-refractivity contribution in [1.82, 2.24) is 5.16 Å². The molecule has 0 spiro atoms. The molecule has 3 aromatic heterocycles. The first-order chi connectivity index (χ1) is 13.4. The van der Waals surface area contributed by atoms with E-state index in [1.807, 2.05) is 0 Å². The summed E-state index contributed by atoms with van der Waals surface area (Å²) in [6.07, 6.45) is 4.41. The van der Waals surface area contributed by atoms with E-state index in [-0.39, 0.29) is 11.1 Å². The predicted octanol–water partition coefficient (Wildman–Crippen LogP) is 5.27. The van der Waals surface area contributed by atoms with Gasteiger partial charge >= 0.3 is 0 Å². The van der Waals surface area contributed by atoms with Gasteiger partial charge in [-0.15, -0.1) is 11.3 Å². The first-order valence-electron chi connectivity index (χ1n) is 9.23. The second kappa shape index (κ2) is 6.95. The number of amides is 1. The molecular formula is C21H21N3O3S. The Kier molecular flexibility index (Phi) is 4.60. The summed E-state index contributed by atoms with van der Waals surface area (Å²) in [6.45, 7) is 6.77. The van der Waals surface area contributed by atoms with Gasteiger partial charge in [-0.1, -0.05) is 25.9 Å². The van der Waals surface area contributed by atoms with Crippen LogP contribution in [0.25, 0.3) is 11.5 Å². The average Bonchev–Trinajstić information content (AvgIpc) is 3.38. The topological polar surface area (TPSA) is 92.1 Å². The number of rotatable bonds is 3. The molecule has 4 rings (SSSR count). The Morgan fingerprint density at radius 2 is 2.21 bits per heavy atom. The van der Waals surface area contributed by atoms with Crippen LogP contribution in [-0.4, -0.2) is 11.1 Å². The van der Waals surface area contributed by atoms with Gasteiger partial charge in [-0.2, -0.15) is 5.26 Å². The number of carbonyl (C=O) groups excluding carboxylic acids is 1. The molecule has 1 atom stereocenters. The minimum absolute atomic E-state index is 0.147. The minimum Gasteiger partial charge on any atom is -0.461 e. The van der Waals surface area contributed by atoms with E-state index in [2.05, 4.69) is 37.3 Å². The zero-order valence-corrected chi connectivity index (χ0v) is 16.9. The van der Waals surface area contributed by atoms with Gasteiger partial charge in [0.25, 0.3) is 5.91 Å². The number of thiophene rings is 1. The summed E-state index contributed by atoms with van der Waals surface area (Å²) in [7, 11) is 0. The summed E-state index contributed by atoms with van der Waals surface area (Å²) in [5, 5.41) is 16.9. The number of fused-ring (bicyclic) bond motifs is 1. The maximum absolute atomic E-state index is 12.6. The highest BCUT2D eigenvalue weighted by molar-refractivity contribution is 7.16. The fourth-order valence-corrected chi connectivity index (χ4v) is 4.89. The molecule has 144 valence electrons. The molecule has 0 saturated heterocycles. The Labute approximate surface area is 167 Å². The minimum atomic E-state index is -0.399. The lowest BCUT2D eigenvalue weighted by atomic mass is 9.72. The van der Waals surface area contributed by atoms with Crippen molar-refractivity contribution in [3.8, 4) is 17.6 Å². The molecule has 1 N–H and O–H groups in total.